The van der Waals surface area contributed by atoms with Crippen LogP contribution in [0.25, 0.3) is 6.08 Å². The van der Waals surface area contributed by atoms with Gasteiger partial charge in [-0.2, -0.15) is 0 Å². The molecule has 0 aliphatic carbocycles. The summed E-state index contributed by atoms with van der Waals surface area (Å²) >= 11 is 0. The summed E-state index contributed by atoms with van der Waals surface area (Å²) < 4.78 is 5.43. The van der Waals surface area contributed by atoms with E-state index in [-0.39, 0.29) is 5.78 Å². The van der Waals surface area contributed by atoms with E-state index in [2.05, 4.69) is 22.8 Å². The van der Waals surface area contributed by atoms with Crippen molar-refractivity contribution in [2.75, 3.05) is 31.2 Å². The third-order valence-corrected chi connectivity index (χ3v) is 4.08. The molecule has 3 nitrogen and oxygen atoms in total. The standard InChI is InChI=1S/C22H21NO2/c1-18(24)20(12-11-19-7-3-2-4-8-19)17-21-9-5-6-10-22(21)23-13-15-25-16-14-23/h2-10,17H,13-16H2,1H3/b20-17-. The molecule has 0 saturated carbocycles. The molecule has 0 bridgehead atoms. The van der Waals surface area contributed by atoms with Crippen molar-refractivity contribution in [1.82, 2.24) is 0 Å². The molecule has 3 rings (SSSR count). The number of hydrogen-bond acceptors (Lipinski definition) is 3. The zero-order valence-electron chi connectivity index (χ0n) is 14.4. The van der Waals surface area contributed by atoms with Gasteiger partial charge in [-0.05, 0) is 36.8 Å². The predicted molar refractivity (Wildman–Crippen MR) is 101 cm³/mol. The molecular formula is C22H21NO2. The minimum absolute atomic E-state index is 0.0276. The maximum atomic E-state index is 12.1. The molecule has 0 aromatic heterocycles. The molecule has 0 atom stereocenters. The zero-order valence-corrected chi connectivity index (χ0v) is 14.4. The Hall–Kier alpha value is -2.83. The summed E-state index contributed by atoms with van der Waals surface area (Å²) in [6.07, 6.45) is 1.89. The van der Waals surface area contributed by atoms with Crippen LogP contribution >= 0.6 is 0 Å². The smallest absolute Gasteiger partial charge is 0.168 e. The Morgan fingerprint density at radius 2 is 1.72 bits per heavy atom. The van der Waals surface area contributed by atoms with E-state index in [0.717, 1.165) is 43.1 Å². The summed E-state index contributed by atoms with van der Waals surface area (Å²) in [5, 5.41) is 0. The van der Waals surface area contributed by atoms with E-state index in [1.807, 2.05) is 54.6 Å². The number of Topliss-reactive ketones (excluding diaryl/α,β-unsaturated/α-hetero) is 1. The van der Waals surface area contributed by atoms with Crippen LogP contribution < -0.4 is 4.90 Å². The lowest BCUT2D eigenvalue weighted by Crippen LogP contribution is -2.36. The zero-order chi connectivity index (χ0) is 17.5. The van der Waals surface area contributed by atoms with E-state index in [0.29, 0.717) is 5.57 Å². The van der Waals surface area contributed by atoms with Crippen LogP contribution in [0, 0.1) is 11.8 Å². The number of morpholine rings is 1. The number of carbonyl (C=O) groups excluding carboxylic acids is 1. The normalized spacial score (nSPS) is 14.6. The molecule has 0 unspecified atom stereocenters. The summed E-state index contributed by atoms with van der Waals surface area (Å²) in [7, 11) is 0. The fourth-order valence-electron chi connectivity index (χ4n) is 2.74. The molecule has 1 aliphatic heterocycles. The van der Waals surface area contributed by atoms with Gasteiger partial charge in [0.05, 0.1) is 18.8 Å². The summed E-state index contributed by atoms with van der Waals surface area (Å²) in [6, 6.07) is 17.8. The minimum Gasteiger partial charge on any atom is -0.378 e. The summed E-state index contributed by atoms with van der Waals surface area (Å²) in [5.74, 6) is 6.08. The Bertz CT molecular complexity index is 822. The average molecular weight is 331 g/mol. The molecule has 2 aromatic carbocycles. The molecule has 0 radical (unpaired) electrons. The number of ether oxygens (including phenoxy) is 1. The number of anilines is 1. The minimum atomic E-state index is -0.0276. The first-order valence-electron chi connectivity index (χ1n) is 8.45. The molecule has 2 aromatic rings. The van der Waals surface area contributed by atoms with E-state index in [1.54, 1.807) is 6.92 Å². The maximum Gasteiger partial charge on any atom is 0.168 e. The molecule has 0 N–H and O–H groups in total. The lowest BCUT2D eigenvalue weighted by atomic mass is 10.0. The quantitative estimate of drug-likeness (QED) is 0.636. The Morgan fingerprint density at radius 1 is 1.04 bits per heavy atom. The molecule has 1 fully saturated rings. The van der Waals surface area contributed by atoms with Crippen LogP contribution in [0.2, 0.25) is 0 Å². The molecule has 0 spiro atoms. The molecule has 1 aliphatic rings. The van der Waals surface area contributed by atoms with Crippen molar-refractivity contribution in [2.24, 2.45) is 0 Å². The second-order valence-electron chi connectivity index (χ2n) is 5.89. The molecule has 126 valence electrons. The van der Waals surface area contributed by atoms with Crippen LogP contribution in [0.4, 0.5) is 5.69 Å². The van der Waals surface area contributed by atoms with E-state index in [1.165, 1.54) is 0 Å². The highest BCUT2D eigenvalue weighted by Crippen LogP contribution is 2.24. The average Bonchev–Trinajstić information content (AvgIpc) is 2.67. The Morgan fingerprint density at radius 3 is 2.44 bits per heavy atom. The number of nitrogens with zero attached hydrogens (tertiary/aromatic N) is 1. The third-order valence-electron chi connectivity index (χ3n) is 4.08. The SMILES string of the molecule is CC(=O)/C(C#Cc1ccccc1)=C\c1ccccc1N1CCOCC1. The van der Waals surface area contributed by atoms with Crippen LogP contribution in [-0.4, -0.2) is 32.1 Å². The first-order valence-corrected chi connectivity index (χ1v) is 8.45. The number of benzene rings is 2. The second kappa shape index (κ2) is 8.32. The van der Waals surface area contributed by atoms with Crippen LogP contribution in [0.5, 0.6) is 0 Å². The molecular weight excluding hydrogens is 310 g/mol. The van der Waals surface area contributed by atoms with Gasteiger partial charge in [0.15, 0.2) is 5.78 Å². The number of ketones is 1. The van der Waals surface area contributed by atoms with Crippen molar-refractivity contribution < 1.29 is 9.53 Å². The Kier molecular flexibility index (Phi) is 5.66. The number of hydrogen-bond donors (Lipinski definition) is 0. The first-order chi connectivity index (χ1) is 12.2. The Labute approximate surface area is 148 Å². The van der Waals surface area contributed by atoms with Crippen molar-refractivity contribution in [3.8, 4) is 11.8 Å². The van der Waals surface area contributed by atoms with Gasteiger partial charge in [0, 0.05) is 24.3 Å². The van der Waals surface area contributed by atoms with Gasteiger partial charge in [0.2, 0.25) is 0 Å². The fraction of sp³-hybridized carbons (Fsp3) is 0.227. The highest BCUT2D eigenvalue weighted by atomic mass is 16.5. The van der Waals surface area contributed by atoms with Gasteiger partial charge in [-0.15, -0.1) is 0 Å². The van der Waals surface area contributed by atoms with Crippen LogP contribution in [-0.2, 0) is 9.53 Å². The van der Waals surface area contributed by atoms with Crippen molar-refractivity contribution >= 4 is 17.5 Å². The third kappa shape index (κ3) is 4.59. The highest BCUT2D eigenvalue weighted by Gasteiger charge is 2.14. The number of rotatable bonds is 3. The van der Waals surface area contributed by atoms with Gasteiger partial charge in [-0.1, -0.05) is 48.2 Å². The van der Waals surface area contributed by atoms with Gasteiger partial charge >= 0.3 is 0 Å². The number of para-hydroxylation sites is 1. The predicted octanol–water partition coefficient (Wildman–Crippen LogP) is 3.55. The van der Waals surface area contributed by atoms with Crippen LogP contribution in [0.1, 0.15) is 18.1 Å². The van der Waals surface area contributed by atoms with E-state index < -0.39 is 0 Å². The van der Waals surface area contributed by atoms with Gasteiger partial charge in [-0.3, -0.25) is 4.79 Å². The van der Waals surface area contributed by atoms with Gasteiger partial charge < -0.3 is 9.64 Å². The van der Waals surface area contributed by atoms with Gasteiger partial charge in [-0.25, -0.2) is 0 Å². The monoisotopic (exact) mass is 331 g/mol. The van der Waals surface area contributed by atoms with Crippen molar-refractivity contribution in [2.45, 2.75) is 6.92 Å². The summed E-state index contributed by atoms with van der Waals surface area (Å²) in [4.78, 5) is 14.3. The molecule has 1 heterocycles. The highest BCUT2D eigenvalue weighted by molar-refractivity contribution is 6.03. The summed E-state index contributed by atoms with van der Waals surface area (Å²) in [6.45, 7) is 4.73. The van der Waals surface area contributed by atoms with Gasteiger partial charge in [0.25, 0.3) is 0 Å². The van der Waals surface area contributed by atoms with Crippen molar-refractivity contribution in [3.63, 3.8) is 0 Å². The largest absolute Gasteiger partial charge is 0.378 e. The topological polar surface area (TPSA) is 29.5 Å². The van der Waals surface area contributed by atoms with E-state index >= 15 is 0 Å². The molecule has 3 heteroatoms. The van der Waals surface area contributed by atoms with E-state index in [9.17, 15) is 4.79 Å². The summed E-state index contributed by atoms with van der Waals surface area (Å²) in [5.41, 5.74) is 3.55. The lowest BCUT2D eigenvalue weighted by Gasteiger charge is -2.30. The molecule has 0 amide bonds. The molecule has 1 saturated heterocycles. The lowest BCUT2D eigenvalue weighted by molar-refractivity contribution is -0.113. The van der Waals surface area contributed by atoms with Crippen LogP contribution in [0.15, 0.2) is 60.2 Å². The van der Waals surface area contributed by atoms with Crippen molar-refractivity contribution in [1.29, 1.82) is 0 Å². The number of carbonyl (C=O) groups is 1. The van der Waals surface area contributed by atoms with Crippen molar-refractivity contribution in [3.05, 3.63) is 71.3 Å². The first kappa shape index (κ1) is 17.0. The Balaban J connectivity index is 1.94. The van der Waals surface area contributed by atoms with Crippen LogP contribution in [0.3, 0.4) is 0 Å². The second-order valence-corrected chi connectivity index (χ2v) is 5.89. The maximum absolute atomic E-state index is 12.1. The molecule has 25 heavy (non-hydrogen) atoms. The van der Waals surface area contributed by atoms with Gasteiger partial charge in [0.1, 0.15) is 0 Å². The fourth-order valence-corrected chi connectivity index (χ4v) is 2.74. The number of allylic oxidation sites excluding steroid dienone is 1. The van der Waals surface area contributed by atoms with E-state index in [4.69, 9.17) is 4.74 Å².